The Balaban J connectivity index is 1.84. The van der Waals surface area contributed by atoms with E-state index in [0.717, 1.165) is 5.56 Å². The Labute approximate surface area is 96.1 Å². The summed E-state index contributed by atoms with van der Waals surface area (Å²) in [5, 5.41) is 3.64. The molecular weight excluding hydrogens is 201 g/mol. The van der Waals surface area contributed by atoms with Crippen LogP contribution in [0.15, 0.2) is 18.2 Å². The minimum Gasteiger partial charge on any atom is -0.311 e. The van der Waals surface area contributed by atoms with Gasteiger partial charge in [-0.05, 0) is 55.7 Å². The highest BCUT2D eigenvalue weighted by molar-refractivity contribution is 5.28. The van der Waals surface area contributed by atoms with E-state index in [1.165, 1.54) is 31.2 Å². The van der Waals surface area contributed by atoms with Gasteiger partial charge in [-0.2, -0.15) is 0 Å². The molecular formula is C14H18FN. The van der Waals surface area contributed by atoms with Crippen LogP contribution >= 0.6 is 0 Å². The van der Waals surface area contributed by atoms with Crippen molar-refractivity contribution in [3.05, 3.63) is 35.1 Å². The van der Waals surface area contributed by atoms with Crippen LogP contribution in [0.1, 0.15) is 42.7 Å². The van der Waals surface area contributed by atoms with Gasteiger partial charge in [-0.25, -0.2) is 4.39 Å². The molecule has 2 saturated heterocycles. The van der Waals surface area contributed by atoms with Gasteiger partial charge in [-0.15, -0.1) is 0 Å². The van der Waals surface area contributed by atoms with E-state index in [4.69, 9.17) is 0 Å². The Hall–Kier alpha value is -0.890. The second kappa shape index (κ2) is 3.85. The first-order valence-corrected chi connectivity index (χ1v) is 6.24. The van der Waals surface area contributed by atoms with Crippen molar-refractivity contribution in [3.8, 4) is 0 Å². The third-order valence-electron chi connectivity index (χ3n) is 4.13. The van der Waals surface area contributed by atoms with Gasteiger partial charge in [0.1, 0.15) is 5.82 Å². The van der Waals surface area contributed by atoms with Crippen LogP contribution < -0.4 is 5.32 Å². The molecule has 2 heteroatoms. The zero-order valence-corrected chi connectivity index (χ0v) is 9.67. The molecule has 3 rings (SSSR count). The maximum absolute atomic E-state index is 13.2. The predicted molar refractivity (Wildman–Crippen MR) is 63.1 cm³/mol. The molecule has 0 aliphatic carbocycles. The summed E-state index contributed by atoms with van der Waals surface area (Å²) >= 11 is 0. The van der Waals surface area contributed by atoms with Crippen LogP contribution in [0.3, 0.4) is 0 Å². The Morgan fingerprint density at radius 1 is 1.19 bits per heavy atom. The van der Waals surface area contributed by atoms with Gasteiger partial charge in [0.05, 0.1) is 0 Å². The van der Waals surface area contributed by atoms with Crippen LogP contribution in [0.25, 0.3) is 0 Å². The minimum absolute atomic E-state index is 0.0827. The molecule has 16 heavy (non-hydrogen) atoms. The zero-order chi connectivity index (χ0) is 11.1. The van der Waals surface area contributed by atoms with Crippen molar-refractivity contribution in [3.63, 3.8) is 0 Å². The quantitative estimate of drug-likeness (QED) is 0.765. The summed E-state index contributed by atoms with van der Waals surface area (Å²) in [5.74, 6) is 0.554. The summed E-state index contributed by atoms with van der Waals surface area (Å²) in [4.78, 5) is 0. The van der Waals surface area contributed by atoms with Crippen molar-refractivity contribution in [2.75, 3.05) is 0 Å². The number of benzene rings is 1. The summed E-state index contributed by atoms with van der Waals surface area (Å²) < 4.78 is 13.2. The van der Waals surface area contributed by atoms with E-state index in [9.17, 15) is 4.39 Å². The molecule has 2 aliphatic rings. The number of hydrogen-bond acceptors (Lipinski definition) is 1. The average molecular weight is 219 g/mol. The molecule has 0 aromatic heterocycles. The molecule has 86 valence electrons. The largest absolute Gasteiger partial charge is 0.311 e. The summed E-state index contributed by atoms with van der Waals surface area (Å²) in [6.07, 6.45) is 5.09. The van der Waals surface area contributed by atoms with Crippen molar-refractivity contribution in [2.24, 2.45) is 0 Å². The highest BCUT2D eigenvalue weighted by Crippen LogP contribution is 2.37. The lowest BCUT2D eigenvalue weighted by molar-refractivity contribution is 0.363. The minimum atomic E-state index is -0.0827. The summed E-state index contributed by atoms with van der Waals surface area (Å²) in [6, 6.07) is 7.03. The Bertz CT molecular complexity index is 390. The monoisotopic (exact) mass is 219 g/mol. The normalized spacial score (nSPS) is 33.0. The molecule has 0 spiro atoms. The lowest BCUT2D eigenvalue weighted by atomic mass is 9.86. The first-order valence-electron chi connectivity index (χ1n) is 6.24. The molecule has 2 heterocycles. The number of rotatable bonds is 1. The molecule has 1 unspecified atom stereocenters. The standard InChI is InChI=1S/C14H18FN/c1-9-6-10(2-5-14(9)15)11-7-12-3-4-13(8-11)16-12/h2,5-6,11-13,16H,3-4,7-8H2,1H3/t11?,12-,13+. The van der Waals surface area contributed by atoms with Crippen molar-refractivity contribution in [2.45, 2.75) is 50.6 Å². The Morgan fingerprint density at radius 2 is 1.88 bits per heavy atom. The third-order valence-corrected chi connectivity index (χ3v) is 4.13. The molecule has 1 nitrogen and oxygen atoms in total. The third kappa shape index (κ3) is 1.75. The highest BCUT2D eigenvalue weighted by Gasteiger charge is 2.33. The number of nitrogens with one attached hydrogen (secondary N) is 1. The first-order chi connectivity index (χ1) is 7.72. The molecule has 1 N–H and O–H groups in total. The molecule has 1 aromatic carbocycles. The highest BCUT2D eigenvalue weighted by atomic mass is 19.1. The van der Waals surface area contributed by atoms with Crippen molar-refractivity contribution >= 4 is 0 Å². The van der Waals surface area contributed by atoms with Gasteiger partial charge in [0.2, 0.25) is 0 Å². The van der Waals surface area contributed by atoms with Gasteiger partial charge < -0.3 is 5.32 Å². The maximum Gasteiger partial charge on any atom is 0.126 e. The van der Waals surface area contributed by atoms with E-state index in [1.54, 1.807) is 6.07 Å². The second-order valence-corrected chi connectivity index (χ2v) is 5.31. The van der Waals surface area contributed by atoms with Gasteiger partial charge in [0, 0.05) is 12.1 Å². The summed E-state index contributed by atoms with van der Waals surface area (Å²) in [6.45, 7) is 1.86. The van der Waals surface area contributed by atoms with Gasteiger partial charge in [-0.1, -0.05) is 12.1 Å². The van der Waals surface area contributed by atoms with Crippen LogP contribution in [0.2, 0.25) is 0 Å². The van der Waals surface area contributed by atoms with Crippen LogP contribution in [-0.2, 0) is 0 Å². The lowest BCUT2D eigenvalue weighted by Crippen LogP contribution is -2.37. The van der Waals surface area contributed by atoms with E-state index >= 15 is 0 Å². The van der Waals surface area contributed by atoms with Crippen LogP contribution in [-0.4, -0.2) is 12.1 Å². The molecule has 2 bridgehead atoms. The summed E-state index contributed by atoms with van der Waals surface area (Å²) in [7, 11) is 0. The molecule has 2 aliphatic heterocycles. The first kappa shape index (κ1) is 10.3. The number of piperidine rings is 1. The predicted octanol–water partition coefficient (Wildman–Crippen LogP) is 3.13. The fourth-order valence-corrected chi connectivity index (χ4v) is 3.25. The van der Waals surface area contributed by atoms with E-state index in [2.05, 4.69) is 5.32 Å². The number of hydrogen-bond donors (Lipinski definition) is 1. The van der Waals surface area contributed by atoms with E-state index in [0.29, 0.717) is 18.0 Å². The Kier molecular flexibility index (Phi) is 2.47. The van der Waals surface area contributed by atoms with E-state index in [1.807, 2.05) is 19.1 Å². The van der Waals surface area contributed by atoms with Crippen LogP contribution in [0.5, 0.6) is 0 Å². The fraction of sp³-hybridized carbons (Fsp3) is 0.571. The maximum atomic E-state index is 13.2. The number of aryl methyl sites for hydroxylation is 1. The zero-order valence-electron chi connectivity index (χ0n) is 9.67. The number of halogens is 1. The van der Waals surface area contributed by atoms with E-state index < -0.39 is 0 Å². The molecule has 1 aromatic rings. The van der Waals surface area contributed by atoms with Crippen molar-refractivity contribution in [1.29, 1.82) is 0 Å². The smallest absolute Gasteiger partial charge is 0.126 e. The topological polar surface area (TPSA) is 12.0 Å². The summed E-state index contributed by atoms with van der Waals surface area (Å²) in [5.41, 5.74) is 2.11. The Morgan fingerprint density at radius 3 is 2.50 bits per heavy atom. The number of fused-ring (bicyclic) bond motifs is 2. The van der Waals surface area contributed by atoms with Gasteiger partial charge in [0.25, 0.3) is 0 Å². The van der Waals surface area contributed by atoms with Gasteiger partial charge in [0.15, 0.2) is 0 Å². The van der Waals surface area contributed by atoms with Gasteiger partial charge in [-0.3, -0.25) is 0 Å². The fourth-order valence-electron chi connectivity index (χ4n) is 3.25. The molecule has 0 radical (unpaired) electrons. The SMILES string of the molecule is Cc1cc(C2C[C@H]3CC[C@@H](C2)N3)ccc1F. The van der Waals surface area contributed by atoms with Crippen molar-refractivity contribution < 1.29 is 4.39 Å². The molecule has 0 saturated carbocycles. The molecule has 2 fully saturated rings. The molecule has 0 amide bonds. The van der Waals surface area contributed by atoms with Crippen molar-refractivity contribution in [1.82, 2.24) is 5.32 Å². The molecule has 3 atom stereocenters. The lowest BCUT2D eigenvalue weighted by Gasteiger charge is -2.29. The van der Waals surface area contributed by atoms with E-state index in [-0.39, 0.29) is 5.82 Å². The second-order valence-electron chi connectivity index (χ2n) is 5.31. The van der Waals surface area contributed by atoms with Crippen LogP contribution in [0, 0.1) is 12.7 Å². The van der Waals surface area contributed by atoms with Crippen LogP contribution in [0.4, 0.5) is 4.39 Å². The van der Waals surface area contributed by atoms with Gasteiger partial charge >= 0.3 is 0 Å². The average Bonchev–Trinajstić information content (AvgIpc) is 2.62.